The van der Waals surface area contributed by atoms with E-state index in [1.54, 1.807) is 6.20 Å². The number of rotatable bonds is 4. The molecule has 1 aromatic rings. The van der Waals surface area contributed by atoms with E-state index in [4.69, 9.17) is 0 Å². The lowest BCUT2D eigenvalue weighted by molar-refractivity contribution is 0.0246. The molecule has 4 heteroatoms. The molecule has 0 spiro atoms. The van der Waals surface area contributed by atoms with Gasteiger partial charge in [0.15, 0.2) is 0 Å². The van der Waals surface area contributed by atoms with Crippen molar-refractivity contribution in [1.29, 1.82) is 5.26 Å². The van der Waals surface area contributed by atoms with E-state index in [9.17, 15) is 5.26 Å². The molecule has 0 N–H and O–H groups in total. The summed E-state index contributed by atoms with van der Waals surface area (Å²) in [6, 6.07) is 6.69. The lowest BCUT2D eigenvalue weighted by Crippen LogP contribution is -2.61. The third-order valence-corrected chi connectivity index (χ3v) is 3.99. The molecule has 0 radical (unpaired) electrons. The van der Waals surface area contributed by atoms with Crippen LogP contribution in [0.3, 0.4) is 0 Å². The summed E-state index contributed by atoms with van der Waals surface area (Å²) in [5.41, 5.74) is 1.01. The third kappa shape index (κ3) is 2.21. The van der Waals surface area contributed by atoms with Crippen LogP contribution in [0.1, 0.15) is 25.0 Å². The molecule has 1 fully saturated rings. The van der Waals surface area contributed by atoms with Gasteiger partial charge in [0.1, 0.15) is 6.04 Å². The Kier molecular flexibility index (Phi) is 4.15. The van der Waals surface area contributed by atoms with E-state index < -0.39 is 0 Å². The third-order valence-electron chi connectivity index (χ3n) is 3.52. The van der Waals surface area contributed by atoms with Gasteiger partial charge in [0, 0.05) is 34.9 Å². The molecule has 2 rings (SSSR count). The minimum absolute atomic E-state index is 0.0818. The zero-order chi connectivity index (χ0) is 13.1. The van der Waals surface area contributed by atoms with Gasteiger partial charge >= 0.3 is 0 Å². The molecule has 1 aliphatic heterocycles. The van der Waals surface area contributed by atoms with Gasteiger partial charge in [-0.15, -0.1) is 6.58 Å². The zero-order valence-corrected chi connectivity index (χ0v) is 12.0. The number of halogens is 1. The summed E-state index contributed by atoms with van der Waals surface area (Å²) in [4.78, 5) is 6.64. The quantitative estimate of drug-likeness (QED) is 0.803. The van der Waals surface area contributed by atoms with Gasteiger partial charge in [-0.25, -0.2) is 0 Å². The number of aromatic nitrogens is 1. The first-order valence-electron chi connectivity index (χ1n) is 6.10. The van der Waals surface area contributed by atoms with E-state index in [0.717, 1.165) is 23.1 Å². The van der Waals surface area contributed by atoms with Crippen molar-refractivity contribution in [3.8, 4) is 6.07 Å². The van der Waals surface area contributed by atoms with Gasteiger partial charge in [0.25, 0.3) is 0 Å². The molecule has 3 nitrogen and oxygen atoms in total. The molecular formula is C14H16BrN3. The number of hydrogen-bond acceptors (Lipinski definition) is 3. The molecule has 0 aromatic carbocycles. The second-order valence-electron chi connectivity index (χ2n) is 4.46. The standard InChI is InChI=1S/C14H16BrN3/c1-3-7-18-12(4-2)14(13(18)8-16)11-6-5-10(15)9-17-11/h3,5-6,9,12-14H,1,4,7H2,2H3/t12-,13+,14+/m1/s1. The van der Waals surface area contributed by atoms with Crippen LogP contribution in [0.4, 0.5) is 0 Å². The van der Waals surface area contributed by atoms with Crippen LogP contribution in [-0.4, -0.2) is 28.5 Å². The van der Waals surface area contributed by atoms with E-state index in [1.165, 1.54) is 0 Å². The minimum Gasteiger partial charge on any atom is -0.280 e. The largest absolute Gasteiger partial charge is 0.280 e. The predicted octanol–water partition coefficient (Wildman–Crippen LogP) is 3.10. The molecule has 1 aromatic heterocycles. The molecule has 94 valence electrons. The van der Waals surface area contributed by atoms with Gasteiger partial charge in [-0.05, 0) is 34.5 Å². The lowest BCUT2D eigenvalue weighted by atomic mass is 9.76. The van der Waals surface area contributed by atoms with Crippen molar-refractivity contribution >= 4 is 15.9 Å². The Balaban J connectivity index is 2.24. The monoisotopic (exact) mass is 305 g/mol. The van der Waals surface area contributed by atoms with Crippen LogP contribution in [-0.2, 0) is 0 Å². The fourth-order valence-electron chi connectivity index (χ4n) is 2.71. The topological polar surface area (TPSA) is 39.9 Å². The molecule has 1 aliphatic rings. The fraction of sp³-hybridized carbons (Fsp3) is 0.429. The van der Waals surface area contributed by atoms with Crippen molar-refractivity contribution in [3.05, 3.63) is 41.2 Å². The smallest absolute Gasteiger partial charge is 0.108 e. The summed E-state index contributed by atoms with van der Waals surface area (Å²) in [6.45, 7) is 6.68. The summed E-state index contributed by atoms with van der Waals surface area (Å²) in [7, 11) is 0. The van der Waals surface area contributed by atoms with Crippen molar-refractivity contribution in [2.75, 3.05) is 6.54 Å². The second-order valence-corrected chi connectivity index (χ2v) is 5.38. The van der Waals surface area contributed by atoms with Crippen molar-refractivity contribution in [1.82, 2.24) is 9.88 Å². The van der Waals surface area contributed by atoms with Crippen molar-refractivity contribution in [2.24, 2.45) is 0 Å². The summed E-state index contributed by atoms with van der Waals surface area (Å²) in [6.07, 6.45) is 4.68. The summed E-state index contributed by atoms with van der Waals surface area (Å²) in [5, 5.41) is 9.32. The fourth-order valence-corrected chi connectivity index (χ4v) is 2.95. The highest BCUT2D eigenvalue weighted by atomic mass is 79.9. The van der Waals surface area contributed by atoms with Gasteiger partial charge in [0.05, 0.1) is 6.07 Å². The second kappa shape index (κ2) is 5.64. The van der Waals surface area contributed by atoms with Gasteiger partial charge in [-0.3, -0.25) is 9.88 Å². The van der Waals surface area contributed by atoms with E-state index in [-0.39, 0.29) is 12.0 Å². The average molecular weight is 306 g/mol. The molecule has 0 amide bonds. The average Bonchev–Trinajstić information content (AvgIpc) is 2.37. The van der Waals surface area contributed by atoms with Crippen LogP contribution in [0.25, 0.3) is 0 Å². The van der Waals surface area contributed by atoms with Crippen LogP contribution in [0, 0.1) is 11.3 Å². The number of pyridine rings is 1. The lowest BCUT2D eigenvalue weighted by Gasteiger charge is -2.51. The van der Waals surface area contributed by atoms with Crippen molar-refractivity contribution < 1.29 is 0 Å². The summed E-state index contributed by atoms with van der Waals surface area (Å²) < 4.78 is 0.968. The van der Waals surface area contributed by atoms with E-state index >= 15 is 0 Å². The molecule has 3 atom stereocenters. The highest BCUT2D eigenvalue weighted by molar-refractivity contribution is 9.10. The molecular weight excluding hydrogens is 290 g/mol. The Morgan fingerprint density at radius 1 is 1.61 bits per heavy atom. The van der Waals surface area contributed by atoms with E-state index in [2.05, 4.69) is 45.4 Å². The van der Waals surface area contributed by atoms with Gasteiger partial charge in [-0.2, -0.15) is 5.26 Å². The molecule has 2 heterocycles. The highest BCUT2D eigenvalue weighted by Crippen LogP contribution is 2.41. The van der Waals surface area contributed by atoms with Crippen LogP contribution in [0.5, 0.6) is 0 Å². The van der Waals surface area contributed by atoms with E-state index in [1.807, 2.05) is 18.2 Å². The Morgan fingerprint density at radius 3 is 2.89 bits per heavy atom. The van der Waals surface area contributed by atoms with Crippen LogP contribution in [0.2, 0.25) is 0 Å². The maximum absolute atomic E-state index is 9.32. The molecule has 0 bridgehead atoms. The summed E-state index contributed by atoms with van der Waals surface area (Å²) in [5.74, 6) is 0.216. The Labute approximate surface area is 116 Å². The first kappa shape index (κ1) is 13.3. The first-order chi connectivity index (χ1) is 8.72. The number of nitriles is 1. The molecule has 18 heavy (non-hydrogen) atoms. The number of hydrogen-bond donors (Lipinski definition) is 0. The maximum Gasteiger partial charge on any atom is 0.108 e. The molecule has 0 saturated carbocycles. The van der Waals surface area contributed by atoms with E-state index in [0.29, 0.717) is 6.04 Å². The summed E-state index contributed by atoms with van der Waals surface area (Å²) >= 11 is 3.38. The van der Waals surface area contributed by atoms with Gasteiger partial charge in [-0.1, -0.05) is 13.0 Å². The predicted molar refractivity (Wildman–Crippen MR) is 75.1 cm³/mol. The van der Waals surface area contributed by atoms with Crippen LogP contribution < -0.4 is 0 Å². The van der Waals surface area contributed by atoms with Gasteiger partial charge in [0.2, 0.25) is 0 Å². The minimum atomic E-state index is -0.0818. The van der Waals surface area contributed by atoms with Crippen molar-refractivity contribution in [2.45, 2.75) is 31.3 Å². The number of nitrogens with zero attached hydrogens (tertiary/aromatic N) is 3. The van der Waals surface area contributed by atoms with Crippen molar-refractivity contribution in [3.63, 3.8) is 0 Å². The Bertz CT molecular complexity index is 463. The Morgan fingerprint density at radius 2 is 2.39 bits per heavy atom. The van der Waals surface area contributed by atoms with Crippen LogP contribution >= 0.6 is 15.9 Å². The maximum atomic E-state index is 9.32. The molecule has 1 saturated heterocycles. The highest BCUT2D eigenvalue weighted by Gasteiger charge is 2.48. The van der Waals surface area contributed by atoms with Crippen LogP contribution in [0.15, 0.2) is 35.5 Å². The SMILES string of the molecule is C=CCN1[C@H](CC)[C@H](c2ccc(Br)cn2)[C@@H]1C#N. The molecule has 0 unspecified atom stereocenters. The normalized spacial score (nSPS) is 27.3. The number of likely N-dealkylation sites (tertiary alicyclic amines) is 1. The first-order valence-corrected chi connectivity index (χ1v) is 6.90. The zero-order valence-electron chi connectivity index (χ0n) is 10.4. The molecule has 0 aliphatic carbocycles. The van der Waals surface area contributed by atoms with Gasteiger partial charge < -0.3 is 0 Å². The Hall–Kier alpha value is -1.18.